The molecule has 1 saturated carbocycles. The molecule has 2 unspecified atom stereocenters. The Kier molecular flexibility index (Phi) is 2.09. The van der Waals surface area contributed by atoms with Gasteiger partial charge in [-0.05, 0) is 12.3 Å². The lowest BCUT2D eigenvalue weighted by Gasteiger charge is -2.15. The van der Waals surface area contributed by atoms with Crippen molar-refractivity contribution in [3.8, 4) is 0 Å². The van der Waals surface area contributed by atoms with Crippen LogP contribution in [-0.4, -0.2) is 25.1 Å². The fourth-order valence-corrected chi connectivity index (χ4v) is 2.20. The van der Waals surface area contributed by atoms with Gasteiger partial charge in [-0.25, -0.2) is 9.97 Å². The second kappa shape index (κ2) is 3.40. The predicted molar refractivity (Wildman–Crippen MR) is 62.7 cm³/mol. The monoisotopic (exact) mass is 232 g/mol. The second-order valence-corrected chi connectivity index (χ2v) is 4.62. The molecule has 0 saturated heterocycles. The number of nitrogens with two attached hydrogens (primary N) is 1. The zero-order valence-electron chi connectivity index (χ0n) is 9.63. The highest BCUT2D eigenvalue weighted by Crippen LogP contribution is 2.47. The van der Waals surface area contributed by atoms with Crippen LogP contribution in [-0.2, 0) is 11.3 Å². The van der Waals surface area contributed by atoms with Crippen LogP contribution in [0.1, 0.15) is 13.3 Å². The van der Waals surface area contributed by atoms with Crippen LogP contribution in [0.5, 0.6) is 0 Å². The molecule has 1 radical (unpaired) electrons. The fraction of sp³-hybridized carbons (Fsp3) is 0.455. The van der Waals surface area contributed by atoms with E-state index in [2.05, 4.69) is 29.0 Å². The first-order valence-corrected chi connectivity index (χ1v) is 5.51. The Morgan fingerprint density at radius 1 is 1.65 bits per heavy atom. The lowest BCUT2D eigenvalue weighted by Crippen LogP contribution is -2.21. The van der Waals surface area contributed by atoms with Gasteiger partial charge in [0.25, 0.3) is 0 Å². The molecule has 2 aromatic heterocycles. The zero-order chi connectivity index (χ0) is 12.0. The third kappa shape index (κ3) is 1.56. The minimum Gasteiger partial charge on any atom is -0.370 e. The van der Waals surface area contributed by atoms with Crippen molar-refractivity contribution < 1.29 is 4.74 Å². The molecule has 6 heteroatoms. The Balaban J connectivity index is 1.98. The van der Waals surface area contributed by atoms with Crippen molar-refractivity contribution in [2.75, 3.05) is 5.73 Å². The molecule has 0 amide bonds. The van der Waals surface area contributed by atoms with E-state index in [0.717, 1.165) is 17.6 Å². The molecular formula is C11H14N5O. The maximum atomic E-state index is 5.58. The molecule has 2 aromatic rings. The molecule has 1 aliphatic rings. The first kappa shape index (κ1) is 10.5. The molecule has 0 bridgehead atoms. The molecule has 1 aliphatic carbocycles. The van der Waals surface area contributed by atoms with Gasteiger partial charge in [-0.2, -0.15) is 4.98 Å². The molecule has 2 N–H and O–H groups in total. The van der Waals surface area contributed by atoms with Gasteiger partial charge in [0.15, 0.2) is 5.65 Å². The van der Waals surface area contributed by atoms with E-state index in [9.17, 15) is 0 Å². The van der Waals surface area contributed by atoms with E-state index in [4.69, 9.17) is 10.5 Å². The average Bonchev–Trinajstić information content (AvgIpc) is 2.79. The van der Waals surface area contributed by atoms with Crippen molar-refractivity contribution in [2.45, 2.75) is 25.5 Å². The summed E-state index contributed by atoms with van der Waals surface area (Å²) < 4.78 is 7.29. The largest absolute Gasteiger partial charge is 0.370 e. The normalized spacial score (nSPS) is 27.5. The Morgan fingerprint density at radius 2 is 2.41 bits per heavy atom. The van der Waals surface area contributed by atoms with Crippen LogP contribution in [0.25, 0.3) is 11.2 Å². The molecule has 17 heavy (non-hydrogen) atoms. The molecule has 3 rings (SSSR count). The summed E-state index contributed by atoms with van der Waals surface area (Å²) in [6, 6.07) is 0. The summed E-state index contributed by atoms with van der Waals surface area (Å²) in [4.78, 5) is 12.4. The summed E-state index contributed by atoms with van der Waals surface area (Å²) in [5.74, 6) is 0.768. The average molecular weight is 232 g/mol. The van der Waals surface area contributed by atoms with E-state index in [0.29, 0.717) is 12.5 Å². The number of aromatic nitrogens is 4. The fourth-order valence-electron chi connectivity index (χ4n) is 2.20. The SMILES string of the molecule is [CH2]OC1(Cn2cnc3cnc(N)nc32)CC1C. The molecule has 89 valence electrons. The van der Waals surface area contributed by atoms with Gasteiger partial charge >= 0.3 is 0 Å². The van der Waals surface area contributed by atoms with Crippen LogP contribution in [0.2, 0.25) is 0 Å². The minimum absolute atomic E-state index is 0.173. The van der Waals surface area contributed by atoms with Crippen LogP contribution in [0.4, 0.5) is 5.95 Å². The lowest BCUT2D eigenvalue weighted by molar-refractivity contribution is 0.0844. The van der Waals surface area contributed by atoms with Gasteiger partial charge in [-0.3, -0.25) is 0 Å². The number of nitrogen functional groups attached to an aromatic ring is 1. The number of imidazole rings is 1. The van der Waals surface area contributed by atoms with Crippen molar-refractivity contribution >= 4 is 17.1 Å². The van der Waals surface area contributed by atoms with Gasteiger partial charge < -0.3 is 15.0 Å². The van der Waals surface area contributed by atoms with Gasteiger partial charge in [0.05, 0.1) is 31.8 Å². The molecule has 1 fully saturated rings. The molecule has 0 aliphatic heterocycles. The molecule has 2 heterocycles. The topological polar surface area (TPSA) is 78.8 Å². The highest BCUT2D eigenvalue weighted by Gasteiger charge is 2.52. The van der Waals surface area contributed by atoms with Crippen molar-refractivity contribution in [2.24, 2.45) is 5.92 Å². The maximum absolute atomic E-state index is 5.58. The molecular weight excluding hydrogens is 218 g/mol. The van der Waals surface area contributed by atoms with E-state index in [1.807, 2.05) is 4.57 Å². The lowest BCUT2D eigenvalue weighted by atomic mass is 10.2. The number of fused-ring (bicyclic) bond motifs is 1. The third-order valence-electron chi connectivity index (χ3n) is 3.49. The highest BCUT2D eigenvalue weighted by molar-refractivity contribution is 5.70. The zero-order valence-corrected chi connectivity index (χ0v) is 9.63. The summed E-state index contributed by atoms with van der Waals surface area (Å²) >= 11 is 0. The number of ether oxygens (including phenoxy) is 1. The number of hydrogen-bond acceptors (Lipinski definition) is 5. The number of rotatable bonds is 3. The molecule has 2 atom stereocenters. The van der Waals surface area contributed by atoms with Crippen LogP contribution in [0, 0.1) is 13.0 Å². The quantitative estimate of drug-likeness (QED) is 0.853. The smallest absolute Gasteiger partial charge is 0.222 e. The second-order valence-electron chi connectivity index (χ2n) is 4.62. The van der Waals surface area contributed by atoms with E-state index in [-0.39, 0.29) is 11.5 Å². The molecule has 6 nitrogen and oxygen atoms in total. The van der Waals surface area contributed by atoms with Gasteiger partial charge in [-0.15, -0.1) is 0 Å². The Morgan fingerprint density at radius 3 is 3.06 bits per heavy atom. The number of nitrogens with zero attached hydrogens (tertiary/aromatic N) is 4. The van der Waals surface area contributed by atoms with Crippen molar-refractivity contribution in [1.29, 1.82) is 0 Å². The summed E-state index contributed by atoms with van der Waals surface area (Å²) in [6.07, 6.45) is 4.38. The van der Waals surface area contributed by atoms with Crippen molar-refractivity contribution in [3.63, 3.8) is 0 Å². The van der Waals surface area contributed by atoms with Gasteiger partial charge in [-0.1, -0.05) is 6.92 Å². The van der Waals surface area contributed by atoms with Crippen LogP contribution in [0.15, 0.2) is 12.5 Å². The first-order chi connectivity index (χ1) is 8.14. The maximum Gasteiger partial charge on any atom is 0.222 e. The number of anilines is 1. The Bertz CT molecular complexity index is 562. The third-order valence-corrected chi connectivity index (χ3v) is 3.49. The van der Waals surface area contributed by atoms with E-state index < -0.39 is 0 Å². The van der Waals surface area contributed by atoms with E-state index in [1.54, 1.807) is 12.5 Å². The van der Waals surface area contributed by atoms with Crippen molar-refractivity contribution in [1.82, 2.24) is 19.5 Å². The minimum atomic E-state index is -0.173. The summed E-state index contributed by atoms with van der Waals surface area (Å²) in [6.45, 7) is 2.85. The van der Waals surface area contributed by atoms with Gasteiger partial charge in [0.2, 0.25) is 5.95 Å². The standard InChI is InChI=1S/C11H14N5O/c1-7-3-11(7,17-2)5-16-6-14-8-4-13-10(12)15-9(8)16/h4,6-7H,2-3,5H2,1H3,(H2,12,13,15). The Hall–Kier alpha value is -1.69. The predicted octanol–water partition coefficient (Wildman–Crippen LogP) is 0.995. The summed E-state index contributed by atoms with van der Waals surface area (Å²) in [5.41, 5.74) is 6.90. The summed E-state index contributed by atoms with van der Waals surface area (Å²) in [5, 5.41) is 0. The van der Waals surface area contributed by atoms with Gasteiger partial charge in [0.1, 0.15) is 5.52 Å². The van der Waals surface area contributed by atoms with Crippen LogP contribution < -0.4 is 5.73 Å². The first-order valence-electron chi connectivity index (χ1n) is 5.51. The van der Waals surface area contributed by atoms with Crippen LogP contribution >= 0.6 is 0 Å². The van der Waals surface area contributed by atoms with E-state index in [1.165, 1.54) is 0 Å². The number of hydrogen-bond donors (Lipinski definition) is 1. The van der Waals surface area contributed by atoms with Gasteiger partial charge in [0, 0.05) is 0 Å². The van der Waals surface area contributed by atoms with E-state index >= 15 is 0 Å². The molecule has 0 aromatic carbocycles. The van der Waals surface area contributed by atoms with Crippen LogP contribution in [0.3, 0.4) is 0 Å². The molecule has 0 spiro atoms. The summed E-state index contributed by atoms with van der Waals surface area (Å²) in [7, 11) is 3.56. The van der Waals surface area contributed by atoms with Crippen molar-refractivity contribution in [3.05, 3.63) is 19.6 Å². The Labute approximate surface area is 98.8 Å². The highest BCUT2D eigenvalue weighted by atomic mass is 16.5.